The Hall–Kier alpha value is -0.860. The highest BCUT2D eigenvalue weighted by Crippen LogP contribution is 2.43. The lowest BCUT2D eigenvalue weighted by atomic mass is 9.84. The molecule has 72 valence electrons. The van der Waals surface area contributed by atoms with Crippen molar-refractivity contribution < 1.29 is 4.63 Å². The maximum atomic E-state index is 4.84. The second-order valence-corrected chi connectivity index (χ2v) is 4.51. The molecule has 0 radical (unpaired) electrons. The van der Waals surface area contributed by atoms with Crippen molar-refractivity contribution in [1.29, 1.82) is 0 Å². The predicted molar refractivity (Wildman–Crippen MR) is 49.6 cm³/mol. The van der Waals surface area contributed by atoms with Crippen LogP contribution in [-0.2, 0) is 5.41 Å². The van der Waals surface area contributed by atoms with Gasteiger partial charge in [0.1, 0.15) is 11.4 Å². The predicted octanol–water partition coefficient (Wildman–Crippen LogP) is 2.63. The summed E-state index contributed by atoms with van der Waals surface area (Å²) in [5.41, 5.74) is 2.28. The van der Waals surface area contributed by atoms with E-state index >= 15 is 0 Å². The molecule has 0 unspecified atom stereocenters. The Morgan fingerprint density at radius 1 is 1.38 bits per heavy atom. The molecule has 0 amide bonds. The molecule has 1 saturated carbocycles. The molecule has 0 spiro atoms. The standard InChI is InChI=1S/C10H16N2O/c1-4-10(2,3)9-8(7-5-6-7)11-13-12-9/h7H,4-6H2,1-3H3. The smallest absolute Gasteiger partial charge is 0.114 e. The molecule has 1 aromatic heterocycles. The van der Waals surface area contributed by atoms with Gasteiger partial charge < -0.3 is 0 Å². The van der Waals surface area contributed by atoms with Gasteiger partial charge in [-0.15, -0.1) is 0 Å². The monoisotopic (exact) mass is 180 g/mol. The van der Waals surface area contributed by atoms with E-state index in [1.165, 1.54) is 12.8 Å². The van der Waals surface area contributed by atoms with Crippen molar-refractivity contribution in [2.75, 3.05) is 0 Å². The van der Waals surface area contributed by atoms with Crippen LogP contribution in [0.15, 0.2) is 4.63 Å². The van der Waals surface area contributed by atoms with Crippen molar-refractivity contribution in [3.05, 3.63) is 11.4 Å². The third-order valence-electron chi connectivity index (χ3n) is 3.00. The van der Waals surface area contributed by atoms with Crippen molar-refractivity contribution >= 4 is 0 Å². The van der Waals surface area contributed by atoms with Gasteiger partial charge in [-0.1, -0.05) is 31.1 Å². The zero-order valence-electron chi connectivity index (χ0n) is 8.50. The minimum atomic E-state index is 0.109. The van der Waals surface area contributed by atoms with Gasteiger partial charge in [-0.05, 0) is 19.3 Å². The van der Waals surface area contributed by atoms with Gasteiger partial charge >= 0.3 is 0 Å². The van der Waals surface area contributed by atoms with Crippen LogP contribution in [0.3, 0.4) is 0 Å². The summed E-state index contributed by atoms with van der Waals surface area (Å²) in [6.07, 6.45) is 3.57. The van der Waals surface area contributed by atoms with Crippen LogP contribution < -0.4 is 0 Å². The van der Waals surface area contributed by atoms with Crippen molar-refractivity contribution in [1.82, 2.24) is 10.3 Å². The molecule has 0 bridgehead atoms. The molecule has 2 rings (SSSR count). The van der Waals surface area contributed by atoms with Gasteiger partial charge in [-0.2, -0.15) is 0 Å². The van der Waals surface area contributed by atoms with Crippen LogP contribution in [-0.4, -0.2) is 10.3 Å². The lowest BCUT2D eigenvalue weighted by Crippen LogP contribution is -2.18. The third-order valence-corrected chi connectivity index (χ3v) is 3.00. The van der Waals surface area contributed by atoms with Gasteiger partial charge in [0.15, 0.2) is 0 Å². The number of aromatic nitrogens is 2. The topological polar surface area (TPSA) is 38.9 Å². The lowest BCUT2D eigenvalue weighted by molar-refractivity contribution is 0.292. The first kappa shape index (κ1) is 8.73. The van der Waals surface area contributed by atoms with Crippen LogP contribution in [0.25, 0.3) is 0 Å². The summed E-state index contributed by atoms with van der Waals surface area (Å²) in [7, 11) is 0. The zero-order chi connectivity index (χ0) is 9.47. The second kappa shape index (κ2) is 2.82. The highest BCUT2D eigenvalue weighted by atomic mass is 16.6. The normalized spacial score (nSPS) is 17.8. The van der Waals surface area contributed by atoms with Crippen LogP contribution in [0.1, 0.15) is 57.3 Å². The van der Waals surface area contributed by atoms with E-state index in [0.29, 0.717) is 5.92 Å². The number of nitrogens with zero attached hydrogens (tertiary/aromatic N) is 2. The van der Waals surface area contributed by atoms with E-state index in [9.17, 15) is 0 Å². The molecule has 1 aromatic rings. The molecular weight excluding hydrogens is 164 g/mol. The summed E-state index contributed by atoms with van der Waals surface area (Å²) >= 11 is 0. The van der Waals surface area contributed by atoms with Crippen molar-refractivity contribution in [2.45, 2.75) is 51.4 Å². The zero-order valence-corrected chi connectivity index (χ0v) is 8.50. The quantitative estimate of drug-likeness (QED) is 0.717. The maximum Gasteiger partial charge on any atom is 0.114 e. The van der Waals surface area contributed by atoms with Crippen LogP contribution in [0, 0.1) is 0 Å². The Morgan fingerprint density at radius 3 is 2.62 bits per heavy atom. The fourth-order valence-corrected chi connectivity index (χ4v) is 1.46. The van der Waals surface area contributed by atoms with E-state index in [1.54, 1.807) is 0 Å². The minimum Gasteiger partial charge on any atom is -0.244 e. The highest BCUT2D eigenvalue weighted by Gasteiger charge is 2.35. The lowest BCUT2D eigenvalue weighted by Gasteiger charge is -2.19. The SMILES string of the molecule is CCC(C)(C)c1nonc1C1CC1. The molecular formula is C10H16N2O. The molecule has 0 atom stereocenters. The fraction of sp³-hybridized carbons (Fsp3) is 0.800. The van der Waals surface area contributed by atoms with Crippen LogP contribution in [0.2, 0.25) is 0 Å². The number of hydrogen-bond acceptors (Lipinski definition) is 3. The van der Waals surface area contributed by atoms with E-state index in [2.05, 4.69) is 31.1 Å². The van der Waals surface area contributed by atoms with Crippen molar-refractivity contribution in [2.24, 2.45) is 0 Å². The molecule has 0 aliphatic heterocycles. The summed E-state index contributed by atoms with van der Waals surface area (Å²) in [6.45, 7) is 6.56. The fourth-order valence-electron chi connectivity index (χ4n) is 1.46. The minimum absolute atomic E-state index is 0.109. The second-order valence-electron chi connectivity index (χ2n) is 4.51. The molecule has 3 heteroatoms. The van der Waals surface area contributed by atoms with Gasteiger partial charge in [0.25, 0.3) is 0 Å². The van der Waals surface area contributed by atoms with Crippen LogP contribution in [0.5, 0.6) is 0 Å². The van der Waals surface area contributed by atoms with Gasteiger partial charge in [0.05, 0.1) is 0 Å². The Bertz CT molecular complexity index is 300. The molecule has 13 heavy (non-hydrogen) atoms. The molecule has 0 N–H and O–H groups in total. The summed E-state index contributed by atoms with van der Waals surface area (Å²) < 4.78 is 4.84. The van der Waals surface area contributed by atoms with Crippen molar-refractivity contribution in [3.63, 3.8) is 0 Å². The molecule has 1 aliphatic rings. The summed E-state index contributed by atoms with van der Waals surface area (Å²) in [6, 6.07) is 0. The first-order chi connectivity index (χ1) is 6.15. The number of hydrogen-bond donors (Lipinski definition) is 0. The van der Waals surface area contributed by atoms with E-state index in [4.69, 9.17) is 4.63 Å². The Balaban J connectivity index is 2.33. The maximum absolute atomic E-state index is 4.84. The molecule has 1 heterocycles. The average molecular weight is 180 g/mol. The molecule has 1 fully saturated rings. The summed E-state index contributed by atoms with van der Waals surface area (Å²) in [5.74, 6) is 0.632. The third kappa shape index (κ3) is 1.47. The Morgan fingerprint density at radius 2 is 2.08 bits per heavy atom. The first-order valence-corrected chi connectivity index (χ1v) is 4.98. The molecule has 0 aromatic carbocycles. The highest BCUT2D eigenvalue weighted by molar-refractivity contribution is 5.24. The summed E-state index contributed by atoms with van der Waals surface area (Å²) in [4.78, 5) is 0. The van der Waals surface area contributed by atoms with Crippen LogP contribution >= 0.6 is 0 Å². The van der Waals surface area contributed by atoms with E-state index in [-0.39, 0.29) is 5.41 Å². The van der Waals surface area contributed by atoms with Gasteiger partial charge in [0.2, 0.25) is 0 Å². The molecule has 0 saturated heterocycles. The Kier molecular flexibility index (Phi) is 1.90. The average Bonchev–Trinajstić information content (AvgIpc) is 2.83. The first-order valence-electron chi connectivity index (χ1n) is 4.98. The van der Waals surface area contributed by atoms with E-state index < -0.39 is 0 Å². The summed E-state index contributed by atoms with van der Waals surface area (Å²) in [5, 5.41) is 8.04. The molecule has 3 nitrogen and oxygen atoms in total. The Labute approximate surface area is 78.5 Å². The van der Waals surface area contributed by atoms with Crippen LogP contribution in [0.4, 0.5) is 0 Å². The van der Waals surface area contributed by atoms with Crippen molar-refractivity contribution in [3.8, 4) is 0 Å². The molecule has 1 aliphatic carbocycles. The number of rotatable bonds is 3. The van der Waals surface area contributed by atoms with E-state index in [0.717, 1.165) is 17.8 Å². The van der Waals surface area contributed by atoms with Gasteiger partial charge in [0, 0.05) is 11.3 Å². The largest absolute Gasteiger partial charge is 0.244 e. The van der Waals surface area contributed by atoms with Gasteiger partial charge in [-0.3, -0.25) is 0 Å². The van der Waals surface area contributed by atoms with E-state index in [1.807, 2.05) is 0 Å². The van der Waals surface area contributed by atoms with Gasteiger partial charge in [-0.25, -0.2) is 4.63 Å².